The van der Waals surface area contributed by atoms with Crippen molar-refractivity contribution in [2.24, 2.45) is 5.92 Å². The Bertz CT molecular complexity index is 467. The van der Waals surface area contributed by atoms with Crippen molar-refractivity contribution in [1.29, 1.82) is 0 Å². The number of benzene rings is 1. The summed E-state index contributed by atoms with van der Waals surface area (Å²) in [6, 6.07) is 6.01. The normalized spacial score (nSPS) is 22.0. The fourth-order valence-corrected chi connectivity index (χ4v) is 2.82. The van der Waals surface area contributed by atoms with E-state index in [-0.39, 0.29) is 5.91 Å². The highest BCUT2D eigenvalue weighted by Crippen LogP contribution is 2.19. The Kier molecular flexibility index (Phi) is 3.80. The fourth-order valence-electron chi connectivity index (χ4n) is 2.82. The maximum absolute atomic E-state index is 12.3. The van der Waals surface area contributed by atoms with E-state index < -0.39 is 0 Å². The van der Waals surface area contributed by atoms with E-state index in [1.807, 2.05) is 12.1 Å². The predicted octanol–water partition coefficient (Wildman–Crippen LogP) is 1.10. The lowest BCUT2D eigenvalue weighted by Gasteiger charge is -2.20. The minimum Gasteiger partial charge on any atom is -0.381 e. The molecule has 1 unspecified atom stereocenters. The van der Waals surface area contributed by atoms with Crippen LogP contribution in [0.3, 0.4) is 0 Å². The summed E-state index contributed by atoms with van der Waals surface area (Å²) in [5, 5.41) is 6.39. The van der Waals surface area contributed by atoms with Gasteiger partial charge in [0.15, 0.2) is 0 Å². The maximum Gasteiger partial charge on any atom is 0.251 e. The van der Waals surface area contributed by atoms with Crippen LogP contribution < -0.4 is 10.6 Å². The highest BCUT2D eigenvalue weighted by molar-refractivity contribution is 5.96. The van der Waals surface area contributed by atoms with E-state index >= 15 is 0 Å². The van der Waals surface area contributed by atoms with Crippen LogP contribution in [0.25, 0.3) is 0 Å². The second kappa shape index (κ2) is 5.72. The zero-order valence-electron chi connectivity index (χ0n) is 11.1. The average molecular weight is 260 g/mol. The summed E-state index contributed by atoms with van der Waals surface area (Å²) in [6.07, 6.45) is 1.99. The second-order valence-electron chi connectivity index (χ2n) is 5.31. The highest BCUT2D eigenvalue weighted by Gasteiger charge is 2.20. The molecule has 4 nitrogen and oxygen atoms in total. The summed E-state index contributed by atoms with van der Waals surface area (Å²) in [6.45, 7) is 4.14. The quantitative estimate of drug-likeness (QED) is 0.855. The van der Waals surface area contributed by atoms with Crippen molar-refractivity contribution in [3.63, 3.8) is 0 Å². The lowest BCUT2D eigenvalue weighted by atomic mass is 9.95. The number of rotatable bonds is 3. The number of nitrogens with one attached hydrogen (secondary N) is 2. The molecule has 0 saturated carbocycles. The predicted molar refractivity (Wildman–Crippen MR) is 73.1 cm³/mol. The smallest absolute Gasteiger partial charge is 0.251 e. The number of hydrogen-bond acceptors (Lipinski definition) is 3. The van der Waals surface area contributed by atoms with Crippen LogP contribution in [0.2, 0.25) is 0 Å². The van der Waals surface area contributed by atoms with Gasteiger partial charge in [-0.1, -0.05) is 12.1 Å². The highest BCUT2D eigenvalue weighted by atomic mass is 16.5. The van der Waals surface area contributed by atoms with Gasteiger partial charge in [-0.05, 0) is 36.6 Å². The number of hydrogen-bond donors (Lipinski definition) is 2. The van der Waals surface area contributed by atoms with E-state index in [2.05, 4.69) is 16.7 Å². The van der Waals surface area contributed by atoms with E-state index in [1.165, 1.54) is 11.1 Å². The van der Waals surface area contributed by atoms with Crippen LogP contribution in [-0.4, -0.2) is 32.2 Å². The fraction of sp³-hybridized carbons (Fsp3) is 0.533. The Morgan fingerprint density at radius 1 is 1.47 bits per heavy atom. The monoisotopic (exact) mass is 260 g/mol. The van der Waals surface area contributed by atoms with Crippen molar-refractivity contribution in [3.8, 4) is 0 Å². The molecule has 19 heavy (non-hydrogen) atoms. The van der Waals surface area contributed by atoms with E-state index in [0.717, 1.165) is 51.3 Å². The molecule has 4 heteroatoms. The summed E-state index contributed by atoms with van der Waals surface area (Å²) in [7, 11) is 0. The minimum atomic E-state index is 0.0608. The van der Waals surface area contributed by atoms with Crippen LogP contribution in [0.4, 0.5) is 0 Å². The third-order valence-electron chi connectivity index (χ3n) is 3.96. The molecule has 102 valence electrons. The van der Waals surface area contributed by atoms with Gasteiger partial charge in [0, 0.05) is 31.2 Å². The molecule has 0 aliphatic carbocycles. The minimum absolute atomic E-state index is 0.0608. The van der Waals surface area contributed by atoms with Crippen molar-refractivity contribution in [2.75, 3.05) is 26.3 Å². The van der Waals surface area contributed by atoms with Gasteiger partial charge >= 0.3 is 0 Å². The molecule has 0 bridgehead atoms. The molecule has 0 aromatic heterocycles. The summed E-state index contributed by atoms with van der Waals surface area (Å²) in [5.41, 5.74) is 3.31. The molecule has 2 N–H and O–H groups in total. The summed E-state index contributed by atoms with van der Waals surface area (Å²) in [5.74, 6) is 0.538. The first-order valence-corrected chi connectivity index (χ1v) is 7.02. The molecule has 1 saturated heterocycles. The molecule has 1 fully saturated rings. The molecule has 1 amide bonds. The number of carbonyl (C=O) groups is 1. The van der Waals surface area contributed by atoms with Crippen molar-refractivity contribution in [3.05, 3.63) is 34.9 Å². The average Bonchev–Trinajstić information content (AvgIpc) is 2.97. The van der Waals surface area contributed by atoms with Gasteiger partial charge in [0.05, 0.1) is 6.61 Å². The van der Waals surface area contributed by atoms with Crippen molar-refractivity contribution in [1.82, 2.24) is 10.6 Å². The van der Waals surface area contributed by atoms with Gasteiger partial charge in [-0.15, -0.1) is 0 Å². The Balaban J connectivity index is 1.68. The molecule has 2 aliphatic rings. The van der Waals surface area contributed by atoms with Crippen LogP contribution in [0, 0.1) is 5.92 Å². The Morgan fingerprint density at radius 3 is 3.26 bits per heavy atom. The summed E-state index contributed by atoms with van der Waals surface area (Å²) >= 11 is 0. The third-order valence-corrected chi connectivity index (χ3v) is 3.96. The Labute approximate surface area is 113 Å². The molecule has 1 atom stereocenters. The molecular weight excluding hydrogens is 240 g/mol. The topological polar surface area (TPSA) is 50.4 Å². The zero-order chi connectivity index (χ0) is 13.1. The lowest BCUT2D eigenvalue weighted by molar-refractivity contribution is 0.0943. The van der Waals surface area contributed by atoms with Gasteiger partial charge in [0.1, 0.15) is 0 Å². The van der Waals surface area contributed by atoms with E-state index in [9.17, 15) is 4.79 Å². The lowest BCUT2D eigenvalue weighted by Crippen LogP contribution is -2.32. The summed E-state index contributed by atoms with van der Waals surface area (Å²) < 4.78 is 5.33. The standard InChI is InChI=1S/C15H20N2O2/c18-15(17-8-11-5-7-19-10-11)14-3-1-2-12-9-16-6-4-13(12)14/h1-3,11,16H,4-10H2,(H,17,18). The van der Waals surface area contributed by atoms with E-state index in [4.69, 9.17) is 4.74 Å². The first-order chi connectivity index (χ1) is 9.34. The van der Waals surface area contributed by atoms with Crippen LogP contribution >= 0.6 is 0 Å². The largest absolute Gasteiger partial charge is 0.381 e. The molecule has 0 radical (unpaired) electrons. The SMILES string of the molecule is O=C(NCC1CCOC1)c1cccc2c1CCNC2. The first kappa shape index (κ1) is 12.6. The molecule has 2 aliphatic heterocycles. The number of ether oxygens (including phenoxy) is 1. The molecule has 2 heterocycles. The van der Waals surface area contributed by atoms with Gasteiger partial charge in [0.25, 0.3) is 5.91 Å². The number of amides is 1. The molecule has 3 rings (SSSR count). The number of carbonyl (C=O) groups excluding carboxylic acids is 1. The van der Waals surface area contributed by atoms with Gasteiger partial charge in [-0.25, -0.2) is 0 Å². The first-order valence-electron chi connectivity index (χ1n) is 7.02. The van der Waals surface area contributed by atoms with Gasteiger partial charge in [-0.3, -0.25) is 4.79 Å². The molecular formula is C15H20N2O2. The Hall–Kier alpha value is -1.39. The van der Waals surface area contributed by atoms with Crippen molar-refractivity contribution < 1.29 is 9.53 Å². The Morgan fingerprint density at radius 2 is 2.42 bits per heavy atom. The maximum atomic E-state index is 12.3. The van der Waals surface area contributed by atoms with Crippen molar-refractivity contribution >= 4 is 5.91 Å². The number of fused-ring (bicyclic) bond motifs is 1. The van der Waals surface area contributed by atoms with Gasteiger partial charge < -0.3 is 15.4 Å². The van der Waals surface area contributed by atoms with Gasteiger partial charge in [-0.2, -0.15) is 0 Å². The molecule has 1 aromatic carbocycles. The third kappa shape index (κ3) is 2.80. The summed E-state index contributed by atoms with van der Waals surface area (Å²) in [4.78, 5) is 12.3. The van der Waals surface area contributed by atoms with E-state index in [1.54, 1.807) is 0 Å². The molecule has 0 spiro atoms. The van der Waals surface area contributed by atoms with Crippen LogP contribution in [-0.2, 0) is 17.7 Å². The van der Waals surface area contributed by atoms with Gasteiger partial charge in [0.2, 0.25) is 0 Å². The van der Waals surface area contributed by atoms with Crippen LogP contribution in [0.1, 0.15) is 27.9 Å². The molecule has 1 aromatic rings. The van der Waals surface area contributed by atoms with E-state index in [0.29, 0.717) is 5.92 Å². The van der Waals surface area contributed by atoms with Crippen LogP contribution in [0.5, 0.6) is 0 Å². The zero-order valence-corrected chi connectivity index (χ0v) is 11.1. The van der Waals surface area contributed by atoms with Crippen molar-refractivity contribution in [2.45, 2.75) is 19.4 Å². The van der Waals surface area contributed by atoms with Crippen LogP contribution in [0.15, 0.2) is 18.2 Å². The second-order valence-corrected chi connectivity index (χ2v) is 5.31.